The zero-order valence-corrected chi connectivity index (χ0v) is 38.3. The lowest BCUT2D eigenvalue weighted by Crippen LogP contribution is -2.26. The molecule has 2 aromatic carbocycles. The van der Waals surface area contributed by atoms with Gasteiger partial charge in [0, 0.05) is 89.0 Å². The molecule has 67 heavy (non-hydrogen) atoms. The highest BCUT2D eigenvalue weighted by molar-refractivity contribution is 6.28. The third-order valence-corrected chi connectivity index (χ3v) is 10.8. The SMILES string of the molecule is CN(CCO)c1ccc(Cc2nccc(-c3ccc(OC4CCOCC4)c(C#N)c3)n2)cn1.CN(CCO)c1ccc(N)cn1.N#Cc1cc(-c2ccnc(Cl)n2)ccc1OC1CCOCC1. The minimum absolute atomic E-state index is 0.0748. The Labute approximate surface area is 395 Å². The number of pyridine rings is 2. The van der Waals surface area contributed by atoms with Gasteiger partial charge in [0.15, 0.2) is 0 Å². The van der Waals surface area contributed by atoms with E-state index in [1.807, 2.05) is 72.4 Å². The Morgan fingerprint density at radius 1 is 0.672 bits per heavy atom. The van der Waals surface area contributed by atoms with E-state index < -0.39 is 0 Å². The minimum atomic E-state index is 0.0748. The predicted octanol–water partition coefficient (Wildman–Crippen LogP) is 6.31. The zero-order valence-electron chi connectivity index (χ0n) is 37.5. The lowest BCUT2D eigenvalue weighted by atomic mass is 10.1. The summed E-state index contributed by atoms with van der Waals surface area (Å²) in [5.74, 6) is 3.48. The number of hydrogen-bond acceptors (Lipinski definition) is 17. The molecule has 8 rings (SSSR count). The van der Waals surface area contributed by atoms with Crippen molar-refractivity contribution < 1.29 is 29.2 Å². The van der Waals surface area contributed by atoms with Gasteiger partial charge in [-0.1, -0.05) is 6.07 Å². The number of anilines is 3. The first-order valence-corrected chi connectivity index (χ1v) is 22.2. The van der Waals surface area contributed by atoms with E-state index in [1.54, 1.807) is 49.1 Å². The van der Waals surface area contributed by atoms with Crippen LogP contribution in [-0.2, 0) is 15.9 Å². The fourth-order valence-corrected chi connectivity index (χ4v) is 7.08. The number of nitriles is 2. The number of nitrogens with zero attached hydrogens (tertiary/aromatic N) is 10. The normalized spacial score (nSPS) is 13.7. The lowest BCUT2D eigenvalue weighted by Gasteiger charge is -2.23. The second kappa shape index (κ2) is 25.6. The van der Waals surface area contributed by atoms with Gasteiger partial charge in [-0.05, 0) is 83.9 Å². The number of likely N-dealkylation sites (N-methyl/N-ethyl adjacent to an activating group) is 2. The van der Waals surface area contributed by atoms with E-state index in [0.717, 1.165) is 59.7 Å². The van der Waals surface area contributed by atoms with Crippen LogP contribution in [0.3, 0.4) is 0 Å². The molecule has 0 radical (unpaired) electrons. The number of aliphatic hydroxyl groups is 2. The number of aromatic nitrogens is 6. The fourth-order valence-electron chi connectivity index (χ4n) is 6.93. The predicted molar refractivity (Wildman–Crippen MR) is 255 cm³/mol. The highest BCUT2D eigenvalue weighted by atomic mass is 35.5. The van der Waals surface area contributed by atoms with Crippen LogP contribution in [0.25, 0.3) is 22.5 Å². The number of halogens is 1. The summed E-state index contributed by atoms with van der Waals surface area (Å²) in [6.45, 7) is 4.09. The molecule has 0 bridgehead atoms. The molecule has 0 spiro atoms. The van der Waals surface area contributed by atoms with Crippen LogP contribution in [0.15, 0.2) is 97.6 Å². The summed E-state index contributed by atoms with van der Waals surface area (Å²) in [7, 11) is 3.76. The third kappa shape index (κ3) is 15.0. The molecule has 0 aliphatic carbocycles. The molecule has 2 aliphatic heterocycles. The van der Waals surface area contributed by atoms with Crippen molar-refractivity contribution in [2.45, 2.75) is 44.3 Å². The van der Waals surface area contributed by atoms with Crippen molar-refractivity contribution in [2.24, 2.45) is 0 Å². The molecule has 0 atom stereocenters. The molecule has 6 heterocycles. The molecule has 2 fully saturated rings. The van der Waals surface area contributed by atoms with Gasteiger partial charge in [-0.15, -0.1) is 0 Å². The van der Waals surface area contributed by atoms with E-state index in [0.29, 0.717) is 85.8 Å². The number of nitrogen functional groups attached to an aromatic ring is 1. The van der Waals surface area contributed by atoms with Crippen molar-refractivity contribution in [3.8, 4) is 46.2 Å². The summed E-state index contributed by atoms with van der Waals surface area (Å²) in [6, 6.07) is 26.5. The minimum Gasteiger partial charge on any atom is -0.489 e. The lowest BCUT2D eigenvalue weighted by molar-refractivity contribution is 0.0252. The van der Waals surface area contributed by atoms with Gasteiger partial charge in [0.1, 0.15) is 53.3 Å². The Balaban J connectivity index is 0.000000186. The summed E-state index contributed by atoms with van der Waals surface area (Å²) in [4.78, 5) is 29.4. The smallest absolute Gasteiger partial charge is 0.222 e. The van der Waals surface area contributed by atoms with Gasteiger partial charge in [0.25, 0.3) is 0 Å². The maximum atomic E-state index is 9.65. The van der Waals surface area contributed by atoms with Crippen LogP contribution in [-0.4, -0.2) is 119 Å². The Hall–Kier alpha value is -6.99. The second-order valence-corrected chi connectivity index (χ2v) is 15.9. The molecule has 6 aromatic rings. The summed E-state index contributed by atoms with van der Waals surface area (Å²) in [5.41, 5.74) is 11.2. The van der Waals surface area contributed by atoms with Crippen molar-refractivity contribution in [1.29, 1.82) is 10.5 Å². The fraction of sp³-hybridized carbons (Fsp3) is 0.347. The average Bonchev–Trinajstić information content (AvgIpc) is 3.36. The monoisotopic (exact) mass is 927 g/mol. The van der Waals surface area contributed by atoms with Crippen molar-refractivity contribution >= 4 is 28.9 Å². The Bertz CT molecular complexity index is 2560. The summed E-state index contributed by atoms with van der Waals surface area (Å²) >= 11 is 5.80. The largest absolute Gasteiger partial charge is 0.489 e. The molecule has 348 valence electrons. The molecule has 0 amide bonds. The topological polar surface area (TPSA) is 235 Å². The van der Waals surface area contributed by atoms with Crippen LogP contribution in [0, 0.1) is 22.7 Å². The maximum absolute atomic E-state index is 9.65. The van der Waals surface area contributed by atoms with E-state index in [-0.39, 0.29) is 30.7 Å². The van der Waals surface area contributed by atoms with Gasteiger partial charge in [0.05, 0.1) is 74.0 Å². The third-order valence-electron chi connectivity index (χ3n) is 10.6. The molecular formula is C49H54ClN11O6. The van der Waals surface area contributed by atoms with Crippen LogP contribution in [0.2, 0.25) is 5.28 Å². The van der Waals surface area contributed by atoms with Crippen molar-refractivity contribution in [2.75, 3.05) is 82.4 Å². The quantitative estimate of drug-likeness (QED) is 0.102. The first-order chi connectivity index (χ1) is 32.7. The van der Waals surface area contributed by atoms with Crippen molar-refractivity contribution in [1.82, 2.24) is 29.9 Å². The van der Waals surface area contributed by atoms with E-state index in [2.05, 4.69) is 37.1 Å². The number of hydrogen-bond donors (Lipinski definition) is 3. The van der Waals surface area contributed by atoms with E-state index >= 15 is 0 Å². The standard InChI is InChI=1S/C25H27N5O3.C16H14ClN3O2.C8H13N3O/c1-30(10-11-31)25-5-2-18(17-28-25)14-24-27-9-6-22(29-24)19-3-4-23(20(15-19)16-26)33-21-7-12-32-13-8-21;17-16-19-6-3-14(20-16)11-1-2-15(12(9-11)10-18)22-13-4-7-21-8-5-13;1-11(4-5-12)8-3-2-7(9)6-10-8/h2-6,9,15,17,21,31H,7-8,10-14H2,1H3;1-3,6,9,13H,4-5,7-8H2;2-3,6,12H,4-5,9H2,1H3. The van der Waals surface area contributed by atoms with Crippen LogP contribution in [0.1, 0.15) is 48.2 Å². The Morgan fingerprint density at radius 2 is 1.18 bits per heavy atom. The zero-order chi connectivity index (χ0) is 47.4. The average molecular weight is 928 g/mol. The Morgan fingerprint density at radius 3 is 1.64 bits per heavy atom. The van der Waals surface area contributed by atoms with Gasteiger partial charge in [-0.25, -0.2) is 29.9 Å². The number of nitrogens with two attached hydrogens (primary N) is 1. The molecule has 17 nitrogen and oxygen atoms in total. The molecule has 4 aromatic heterocycles. The molecule has 0 unspecified atom stereocenters. The first-order valence-electron chi connectivity index (χ1n) is 21.8. The van der Waals surface area contributed by atoms with E-state index in [4.69, 9.17) is 51.5 Å². The second-order valence-electron chi connectivity index (χ2n) is 15.5. The molecular weight excluding hydrogens is 874 g/mol. The highest BCUT2D eigenvalue weighted by Gasteiger charge is 2.19. The van der Waals surface area contributed by atoms with Crippen molar-refractivity contribution in [3.05, 3.63) is 125 Å². The molecule has 0 saturated carbocycles. The van der Waals surface area contributed by atoms with Gasteiger partial charge >= 0.3 is 0 Å². The summed E-state index contributed by atoms with van der Waals surface area (Å²) < 4.78 is 22.7. The van der Waals surface area contributed by atoms with Gasteiger partial charge in [-0.2, -0.15) is 10.5 Å². The molecule has 2 saturated heterocycles. The van der Waals surface area contributed by atoms with Crippen LogP contribution in [0.5, 0.6) is 11.5 Å². The molecule has 18 heteroatoms. The highest BCUT2D eigenvalue weighted by Crippen LogP contribution is 2.29. The van der Waals surface area contributed by atoms with E-state index in [1.165, 1.54) is 0 Å². The number of aliphatic hydroxyl groups excluding tert-OH is 2. The van der Waals surface area contributed by atoms with Crippen LogP contribution in [0.4, 0.5) is 17.3 Å². The van der Waals surface area contributed by atoms with Crippen LogP contribution >= 0.6 is 11.6 Å². The van der Waals surface area contributed by atoms with E-state index in [9.17, 15) is 10.5 Å². The van der Waals surface area contributed by atoms with Gasteiger partial charge in [0.2, 0.25) is 5.28 Å². The number of benzene rings is 2. The number of ether oxygens (including phenoxy) is 4. The molecule has 4 N–H and O–H groups in total. The number of rotatable bonds is 14. The van der Waals surface area contributed by atoms with Gasteiger partial charge in [-0.3, -0.25) is 0 Å². The summed E-state index contributed by atoms with van der Waals surface area (Å²) in [5, 5.41) is 36.9. The van der Waals surface area contributed by atoms with Gasteiger partial charge < -0.3 is 44.7 Å². The first kappa shape index (κ1) is 49.4. The Kier molecular flexibility index (Phi) is 18.9. The maximum Gasteiger partial charge on any atom is 0.222 e. The van der Waals surface area contributed by atoms with Crippen LogP contribution < -0.4 is 25.0 Å². The van der Waals surface area contributed by atoms with Crippen molar-refractivity contribution in [3.63, 3.8) is 0 Å². The summed E-state index contributed by atoms with van der Waals surface area (Å²) in [6.07, 6.45) is 10.8. The molecule has 2 aliphatic rings.